The Morgan fingerprint density at radius 2 is 1.82 bits per heavy atom. The number of aromatic nitrogens is 4. The Labute approximate surface area is 199 Å². The number of hydrogen-bond donors (Lipinski definition) is 1. The maximum Gasteiger partial charge on any atom is 0.252 e. The van der Waals surface area contributed by atoms with E-state index in [1.165, 1.54) is 19.3 Å². The molecule has 0 aliphatic carbocycles. The number of rotatable bonds is 6. The Morgan fingerprint density at radius 1 is 1.03 bits per heavy atom. The zero-order valence-electron chi connectivity index (χ0n) is 19.7. The first-order chi connectivity index (χ1) is 16.6. The molecule has 0 bridgehead atoms. The summed E-state index contributed by atoms with van der Waals surface area (Å²) in [4.78, 5) is 25.1. The van der Waals surface area contributed by atoms with Gasteiger partial charge in [0.15, 0.2) is 5.65 Å². The van der Waals surface area contributed by atoms with Crippen molar-refractivity contribution in [2.24, 2.45) is 0 Å². The van der Waals surface area contributed by atoms with Crippen LogP contribution in [0, 0.1) is 0 Å². The fourth-order valence-corrected chi connectivity index (χ4v) is 4.45. The molecular weight excluding hydrogens is 424 g/mol. The van der Waals surface area contributed by atoms with Gasteiger partial charge in [-0.25, -0.2) is 14.6 Å². The van der Waals surface area contributed by atoms with Gasteiger partial charge in [0, 0.05) is 37.4 Å². The molecule has 1 aliphatic rings. The van der Waals surface area contributed by atoms with Crippen molar-refractivity contribution in [1.29, 1.82) is 0 Å². The second kappa shape index (κ2) is 9.63. The normalized spacial score (nSPS) is 14.0. The van der Waals surface area contributed by atoms with Gasteiger partial charge in [-0.2, -0.15) is 5.10 Å². The Hall–Kier alpha value is -3.74. The third-order valence-corrected chi connectivity index (χ3v) is 6.31. The van der Waals surface area contributed by atoms with Crippen LogP contribution in [0.3, 0.4) is 0 Å². The van der Waals surface area contributed by atoms with Gasteiger partial charge in [0.1, 0.15) is 5.82 Å². The highest BCUT2D eigenvalue weighted by molar-refractivity contribution is 6.06. The van der Waals surface area contributed by atoms with Crippen molar-refractivity contribution < 1.29 is 4.79 Å². The van der Waals surface area contributed by atoms with Gasteiger partial charge in [-0.1, -0.05) is 36.4 Å². The number of carbonyl (C=O) groups is 1. The van der Waals surface area contributed by atoms with Crippen LogP contribution in [0.4, 0.5) is 5.82 Å². The molecule has 1 aromatic carbocycles. The quantitative estimate of drug-likeness (QED) is 0.444. The van der Waals surface area contributed by atoms with Gasteiger partial charge in [-0.15, -0.1) is 0 Å². The molecule has 5 rings (SSSR count). The van der Waals surface area contributed by atoms with E-state index in [0.717, 1.165) is 41.1 Å². The number of carbonyl (C=O) groups excluding carboxylic acids is 1. The molecule has 0 unspecified atom stereocenters. The van der Waals surface area contributed by atoms with Gasteiger partial charge >= 0.3 is 0 Å². The molecule has 0 atom stereocenters. The van der Waals surface area contributed by atoms with E-state index < -0.39 is 0 Å². The smallest absolute Gasteiger partial charge is 0.252 e. The average Bonchev–Trinajstić information content (AvgIpc) is 3.32. The van der Waals surface area contributed by atoms with Crippen LogP contribution in [0.2, 0.25) is 0 Å². The third kappa shape index (κ3) is 4.51. The van der Waals surface area contributed by atoms with Gasteiger partial charge in [0.05, 0.1) is 22.8 Å². The van der Waals surface area contributed by atoms with Crippen molar-refractivity contribution in [2.75, 3.05) is 18.0 Å². The van der Waals surface area contributed by atoms with Gasteiger partial charge in [0.2, 0.25) is 0 Å². The number of anilines is 1. The topological polar surface area (TPSA) is 75.9 Å². The molecule has 1 fully saturated rings. The van der Waals surface area contributed by atoms with E-state index in [-0.39, 0.29) is 11.9 Å². The van der Waals surface area contributed by atoms with Crippen molar-refractivity contribution >= 4 is 22.8 Å². The highest BCUT2D eigenvalue weighted by Gasteiger charge is 2.19. The predicted molar refractivity (Wildman–Crippen MR) is 135 cm³/mol. The van der Waals surface area contributed by atoms with Crippen molar-refractivity contribution in [1.82, 2.24) is 25.1 Å². The van der Waals surface area contributed by atoms with Crippen molar-refractivity contribution in [2.45, 2.75) is 45.7 Å². The first-order valence-corrected chi connectivity index (χ1v) is 12.0. The van der Waals surface area contributed by atoms with Gasteiger partial charge in [-0.05, 0) is 50.8 Å². The van der Waals surface area contributed by atoms with E-state index in [1.807, 2.05) is 53.3 Å². The molecule has 0 saturated carbocycles. The van der Waals surface area contributed by atoms with Crippen LogP contribution in [-0.2, 0) is 6.54 Å². The Balaban J connectivity index is 1.39. The summed E-state index contributed by atoms with van der Waals surface area (Å²) in [7, 11) is 0. The molecule has 3 aromatic heterocycles. The lowest BCUT2D eigenvalue weighted by Crippen LogP contribution is -2.30. The van der Waals surface area contributed by atoms with Crippen LogP contribution in [0.25, 0.3) is 22.3 Å². The molecule has 1 aliphatic heterocycles. The Morgan fingerprint density at radius 3 is 2.53 bits per heavy atom. The maximum atomic E-state index is 13.3. The van der Waals surface area contributed by atoms with E-state index in [1.54, 1.807) is 6.20 Å². The van der Waals surface area contributed by atoms with Crippen LogP contribution < -0.4 is 10.2 Å². The maximum absolute atomic E-state index is 13.3. The number of hydrogen-bond acceptors (Lipinski definition) is 5. The van der Waals surface area contributed by atoms with Crippen LogP contribution in [0.1, 0.15) is 55.1 Å². The molecule has 1 amide bonds. The lowest BCUT2D eigenvalue weighted by molar-refractivity contribution is 0.0952. The molecule has 4 aromatic rings. The predicted octanol–water partition coefficient (Wildman–Crippen LogP) is 4.99. The minimum atomic E-state index is -0.145. The number of nitrogens with zero attached hydrogens (tertiary/aromatic N) is 5. The molecule has 34 heavy (non-hydrogen) atoms. The first kappa shape index (κ1) is 22.1. The molecule has 1 N–H and O–H groups in total. The summed E-state index contributed by atoms with van der Waals surface area (Å²) in [6.07, 6.45) is 7.33. The highest BCUT2D eigenvalue weighted by Crippen LogP contribution is 2.26. The van der Waals surface area contributed by atoms with E-state index in [0.29, 0.717) is 17.8 Å². The first-order valence-electron chi connectivity index (χ1n) is 12.0. The van der Waals surface area contributed by atoms with E-state index >= 15 is 0 Å². The summed E-state index contributed by atoms with van der Waals surface area (Å²) in [5.41, 5.74) is 3.99. The number of nitrogens with one attached hydrogen (secondary N) is 1. The molecule has 1 saturated heterocycles. The average molecular weight is 455 g/mol. The SMILES string of the molecule is CC(C)n1ncc2c(C(=O)NCc3ccc(N4CCCCC4)nc3)cc(-c3ccccc3)nc21. The lowest BCUT2D eigenvalue weighted by Gasteiger charge is -2.27. The fraction of sp³-hybridized carbons (Fsp3) is 0.333. The van der Waals surface area contributed by atoms with Crippen LogP contribution in [0.15, 0.2) is 60.9 Å². The molecule has 174 valence electrons. The van der Waals surface area contributed by atoms with Crippen LogP contribution in [0.5, 0.6) is 0 Å². The Bertz CT molecular complexity index is 1270. The highest BCUT2D eigenvalue weighted by atomic mass is 16.1. The number of amides is 1. The van der Waals surface area contributed by atoms with Crippen LogP contribution in [-0.4, -0.2) is 38.7 Å². The minimum absolute atomic E-state index is 0.136. The van der Waals surface area contributed by atoms with Crippen molar-refractivity contribution in [3.05, 3.63) is 72.1 Å². The van der Waals surface area contributed by atoms with Crippen molar-refractivity contribution in [3.63, 3.8) is 0 Å². The molecule has 7 nitrogen and oxygen atoms in total. The number of fused-ring (bicyclic) bond motifs is 1. The second-order valence-corrected chi connectivity index (χ2v) is 9.10. The summed E-state index contributed by atoms with van der Waals surface area (Å²) >= 11 is 0. The molecule has 4 heterocycles. The molecule has 0 spiro atoms. The summed E-state index contributed by atoms with van der Waals surface area (Å²) in [6, 6.07) is 16.0. The fourth-order valence-electron chi connectivity index (χ4n) is 4.45. The van der Waals surface area contributed by atoms with Crippen LogP contribution >= 0.6 is 0 Å². The largest absolute Gasteiger partial charge is 0.357 e. The monoisotopic (exact) mass is 454 g/mol. The number of piperidine rings is 1. The number of benzene rings is 1. The molecule has 7 heteroatoms. The summed E-state index contributed by atoms with van der Waals surface area (Å²) in [5.74, 6) is 0.868. The zero-order valence-corrected chi connectivity index (χ0v) is 19.7. The van der Waals surface area contributed by atoms with E-state index in [4.69, 9.17) is 4.98 Å². The van der Waals surface area contributed by atoms with E-state index in [2.05, 4.69) is 40.2 Å². The molecular formula is C27H30N6O. The Kier molecular flexibility index (Phi) is 6.25. The summed E-state index contributed by atoms with van der Waals surface area (Å²) < 4.78 is 1.86. The second-order valence-electron chi connectivity index (χ2n) is 9.10. The summed E-state index contributed by atoms with van der Waals surface area (Å²) in [6.45, 7) is 6.66. The zero-order chi connectivity index (χ0) is 23.5. The summed E-state index contributed by atoms with van der Waals surface area (Å²) in [5, 5.41) is 8.32. The minimum Gasteiger partial charge on any atom is -0.357 e. The van der Waals surface area contributed by atoms with Gasteiger partial charge in [0.25, 0.3) is 5.91 Å². The van der Waals surface area contributed by atoms with Gasteiger partial charge in [-0.3, -0.25) is 4.79 Å². The third-order valence-electron chi connectivity index (χ3n) is 6.31. The van der Waals surface area contributed by atoms with Crippen molar-refractivity contribution in [3.8, 4) is 11.3 Å². The molecule has 0 radical (unpaired) electrons. The van der Waals surface area contributed by atoms with Gasteiger partial charge < -0.3 is 10.2 Å². The lowest BCUT2D eigenvalue weighted by atomic mass is 10.1. The standard InChI is InChI=1S/C27H30N6O/c1-19(2)33-26-23(18-30-33)22(15-24(31-26)21-9-5-3-6-10-21)27(34)29-17-20-11-12-25(28-16-20)32-13-7-4-8-14-32/h3,5-6,9-12,15-16,18-19H,4,7-8,13-14,17H2,1-2H3,(H,29,34). The van der Waals surface area contributed by atoms with E-state index in [9.17, 15) is 4.79 Å². The number of pyridine rings is 2.